The molecule has 5 nitrogen and oxygen atoms in total. The van der Waals surface area contributed by atoms with Crippen LogP contribution in [-0.4, -0.2) is 40.4 Å². The maximum Gasteiger partial charge on any atom is 0.233 e. The molecular weight excluding hydrogens is 250 g/mol. The fourth-order valence-corrected chi connectivity index (χ4v) is 2.47. The van der Waals surface area contributed by atoms with E-state index in [1.165, 1.54) is 11.8 Å². The van der Waals surface area contributed by atoms with E-state index in [4.69, 9.17) is 4.74 Å². The smallest absolute Gasteiger partial charge is 0.233 e. The van der Waals surface area contributed by atoms with E-state index < -0.39 is 0 Å². The highest BCUT2D eigenvalue weighted by Crippen LogP contribution is 2.18. The zero-order valence-electron chi connectivity index (χ0n) is 10.3. The lowest BCUT2D eigenvalue weighted by molar-refractivity contribution is -0.120. The van der Waals surface area contributed by atoms with Crippen molar-refractivity contribution < 1.29 is 9.53 Å². The van der Waals surface area contributed by atoms with Gasteiger partial charge in [0.05, 0.1) is 11.4 Å². The number of rotatable bonds is 5. The van der Waals surface area contributed by atoms with Crippen molar-refractivity contribution in [3.05, 3.63) is 18.5 Å². The van der Waals surface area contributed by atoms with Crippen molar-refractivity contribution in [2.24, 2.45) is 0 Å². The minimum atomic E-state index is -0.200. The van der Waals surface area contributed by atoms with Gasteiger partial charge < -0.3 is 10.1 Å². The molecule has 18 heavy (non-hydrogen) atoms. The Kier molecular flexibility index (Phi) is 4.95. The molecule has 1 aliphatic heterocycles. The van der Waals surface area contributed by atoms with Crippen LogP contribution in [-0.2, 0) is 9.53 Å². The van der Waals surface area contributed by atoms with Gasteiger partial charge in [0.15, 0.2) is 5.16 Å². The highest BCUT2D eigenvalue weighted by Gasteiger charge is 2.19. The molecule has 1 aromatic rings. The van der Waals surface area contributed by atoms with Gasteiger partial charge in [0.25, 0.3) is 0 Å². The second-order valence-electron chi connectivity index (χ2n) is 4.17. The molecule has 2 atom stereocenters. The third-order valence-corrected chi connectivity index (χ3v) is 3.71. The minimum Gasteiger partial charge on any atom is -0.376 e. The van der Waals surface area contributed by atoms with Gasteiger partial charge in [-0.1, -0.05) is 11.8 Å². The second-order valence-corrected chi connectivity index (χ2v) is 5.48. The number of aromatic nitrogens is 2. The van der Waals surface area contributed by atoms with E-state index in [0.717, 1.165) is 19.4 Å². The van der Waals surface area contributed by atoms with E-state index in [9.17, 15) is 4.79 Å². The molecule has 1 aromatic heterocycles. The molecule has 2 heterocycles. The molecule has 6 heteroatoms. The maximum absolute atomic E-state index is 11.9. The Labute approximate surface area is 111 Å². The Morgan fingerprint density at radius 1 is 1.61 bits per heavy atom. The molecule has 0 bridgehead atoms. The quantitative estimate of drug-likeness (QED) is 0.642. The molecule has 1 N–H and O–H groups in total. The summed E-state index contributed by atoms with van der Waals surface area (Å²) in [7, 11) is 0. The number of carbonyl (C=O) groups excluding carboxylic acids is 1. The van der Waals surface area contributed by atoms with Crippen LogP contribution >= 0.6 is 11.8 Å². The normalized spacial score (nSPS) is 20.6. The molecular formula is C12H17N3O2S. The van der Waals surface area contributed by atoms with Crippen molar-refractivity contribution in [1.29, 1.82) is 0 Å². The van der Waals surface area contributed by atoms with Crippen molar-refractivity contribution in [3.8, 4) is 0 Å². The molecule has 0 aliphatic carbocycles. The van der Waals surface area contributed by atoms with Crippen LogP contribution < -0.4 is 5.32 Å². The van der Waals surface area contributed by atoms with Gasteiger partial charge in [0.2, 0.25) is 5.91 Å². The molecule has 0 aromatic carbocycles. The van der Waals surface area contributed by atoms with Gasteiger partial charge in [0.1, 0.15) is 0 Å². The van der Waals surface area contributed by atoms with E-state index in [1.807, 2.05) is 6.92 Å². The Morgan fingerprint density at radius 2 is 2.39 bits per heavy atom. The van der Waals surface area contributed by atoms with Crippen molar-refractivity contribution in [2.45, 2.75) is 36.3 Å². The average Bonchev–Trinajstić information content (AvgIpc) is 2.90. The van der Waals surface area contributed by atoms with E-state index in [0.29, 0.717) is 11.7 Å². The number of hydrogen-bond donors (Lipinski definition) is 1. The predicted octanol–water partition coefficient (Wildman–Crippen LogP) is 1.25. The summed E-state index contributed by atoms with van der Waals surface area (Å²) >= 11 is 1.36. The summed E-state index contributed by atoms with van der Waals surface area (Å²) in [5, 5.41) is 3.33. The standard InChI is InChI=1S/C12H17N3O2S/c1-9(18-12-13-5-3-6-14-12)11(16)15-8-10-4-2-7-17-10/h3,5-6,9-10H,2,4,7-8H2,1H3,(H,15,16)/t9-,10+/m1/s1. The summed E-state index contributed by atoms with van der Waals surface area (Å²) in [5.74, 6) is 0.00273. The second kappa shape index (κ2) is 6.70. The molecule has 2 rings (SSSR count). The molecule has 1 fully saturated rings. The number of carbonyl (C=O) groups is 1. The average molecular weight is 267 g/mol. The molecule has 0 spiro atoms. The number of ether oxygens (including phenoxy) is 1. The van der Waals surface area contributed by atoms with Crippen LogP contribution in [0, 0.1) is 0 Å². The zero-order chi connectivity index (χ0) is 12.8. The fraction of sp³-hybridized carbons (Fsp3) is 0.583. The predicted molar refractivity (Wildman–Crippen MR) is 69.3 cm³/mol. The van der Waals surface area contributed by atoms with Crippen LogP contribution in [0.4, 0.5) is 0 Å². The molecule has 1 saturated heterocycles. The van der Waals surface area contributed by atoms with Crippen LogP contribution in [0.1, 0.15) is 19.8 Å². The van der Waals surface area contributed by atoms with Gasteiger partial charge in [-0.2, -0.15) is 0 Å². The Morgan fingerprint density at radius 3 is 3.06 bits per heavy atom. The Balaban J connectivity index is 1.74. The zero-order valence-corrected chi connectivity index (χ0v) is 11.2. The number of nitrogens with one attached hydrogen (secondary N) is 1. The third-order valence-electron chi connectivity index (χ3n) is 2.72. The topological polar surface area (TPSA) is 64.1 Å². The largest absolute Gasteiger partial charge is 0.376 e. The summed E-state index contributed by atoms with van der Waals surface area (Å²) in [6, 6.07) is 1.76. The highest BCUT2D eigenvalue weighted by atomic mass is 32.2. The number of hydrogen-bond acceptors (Lipinski definition) is 5. The van der Waals surface area contributed by atoms with Gasteiger partial charge >= 0.3 is 0 Å². The first kappa shape index (κ1) is 13.3. The van der Waals surface area contributed by atoms with Crippen LogP contribution in [0.2, 0.25) is 0 Å². The molecule has 0 unspecified atom stereocenters. The first-order valence-corrected chi connectivity index (χ1v) is 6.96. The van der Waals surface area contributed by atoms with Crippen molar-refractivity contribution in [1.82, 2.24) is 15.3 Å². The van der Waals surface area contributed by atoms with Gasteiger partial charge in [-0.25, -0.2) is 9.97 Å². The summed E-state index contributed by atoms with van der Waals surface area (Å²) in [4.78, 5) is 20.0. The van der Waals surface area contributed by atoms with E-state index >= 15 is 0 Å². The van der Waals surface area contributed by atoms with Crippen LogP contribution in [0.3, 0.4) is 0 Å². The molecule has 1 amide bonds. The van der Waals surface area contributed by atoms with Crippen LogP contribution in [0.5, 0.6) is 0 Å². The molecule has 0 saturated carbocycles. The van der Waals surface area contributed by atoms with Gasteiger partial charge in [0, 0.05) is 25.5 Å². The summed E-state index contributed by atoms with van der Waals surface area (Å²) in [6.07, 6.45) is 5.64. The van der Waals surface area contributed by atoms with Crippen molar-refractivity contribution in [3.63, 3.8) is 0 Å². The Bertz CT molecular complexity index is 382. The SMILES string of the molecule is C[C@@H](Sc1ncccn1)C(=O)NC[C@@H]1CCCO1. The minimum absolute atomic E-state index is 0.00273. The summed E-state index contributed by atoms with van der Waals surface area (Å²) < 4.78 is 5.46. The lowest BCUT2D eigenvalue weighted by Crippen LogP contribution is -2.36. The third kappa shape index (κ3) is 3.96. The molecule has 98 valence electrons. The van der Waals surface area contributed by atoms with Crippen molar-refractivity contribution >= 4 is 17.7 Å². The first-order valence-electron chi connectivity index (χ1n) is 6.08. The number of nitrogens with zero attached hydrogens (tertiary/aromatic N) is 2. The monoisotopic (exact) mass is 267 g/mol. The summed E-state index contributed by atoms with van der Waals surface area (Å²) in [6.45, 7) is 3.26. The number of amides is 1. The summed E-state index contributed by atoms with van der Waals surface area (Å²) in [5.41, 5.74) is 0. The Hall–Kier alpha value is -1.14. The van der Waals surface area contributed by atoms with E-state index in [1.54, 1.807) is 18.5 Å². The van der Waals surface area contributed by atoms with E-state index in [-0.39, 0.29) is 17.3 Å². The van der Waals surface area contributed by atoms with Crippen LogP contribution in [0.15, 0.2) is 23.6 Å². The van der Waals surface area contributed by atoms with Gasteiger partial charge in [-0.15, -0.1) is 0 Å². The van der Waals surface area contributed by atoms with E-state index in [2.05, 4.69) is 15.3 Å². The lowest BCUT2D eigenvalue weighted by Gasteiger charge is -2.13. The number of thioether (sulfide) groups is 1. The lowest BCUT2D eigenvalue weighted by atomic mass is 10.2. The van der Waals surface area contributed by atoms with Gasteiger partial charge in [-0.3, -0.25) is 4.79 Å². The maximum atomic E-state index is 11.9. The van der Waals surface area contributed by atoms with Crippen molar-refractivity contribution in [2.75, 3.05) is 13.2 Å². The highest BCUT2D eigenvalue weighted by molar-refractivity contribution is 8.00. The fourth-order valence-electron chi connectivity index (χ4n) is 1.72. The molecule has 1 aliphatic rings. The molecule has 0 radical (unpaired) electrons. The first-order chi connectivity index (χ1) is 8.75. The van der Waals surface area contributed by atoms with Crippen LogP contribution in [0.25, 0.3) is 0 Å². The van der Waals surface area contributed by atoms with Gasteiger partial charge in [-0.05, 0) is 25.8 Å².